The van der Waals surface area contributed by atoms with Crippen LogP contribution in [0.4, 0.5) is 0 Å². The highest BCUT2D eigenvalue weighted by atomic mass is 14.4. The molecule has 0 unspecified atom stereocenters. The molecule has 0 aromatic heterocycles. The van der Waals surface area contributed by atoms with Crippen molar-refractivity contribution in [2.24, 2.45) is 11.3 Å². The molecule has 0 aliphatic heterocycles. The molecule has 0 amide bonds. The van der Waals surface area contributed by atoms with Gasteiger partial charge in [0.05, 0.1) is 0 Å². The highest BCUT2D eigenvalue weighted by Crippen LogP contribution is 2.45. The molecule has 1 aliphatic rings. The second-order valence-electron chi connectivity index (χ2n) is 3.30. The van der Waals surface area contributed by atoms with E-state index >= 15 is 0 Å². The zero-order valence-electron chi connectivity index (χ0n) is 5.78. The van der Waals surface area contributed by atoms with Crippen LogP contribution < -0.4 is 0 Å². The molecule has 8 heavy (non-hydrogen) atoms. The van der Waals surface area contributed by atoms with Crippen molar-refractivity contribution in [2.45, 2.75) is 26.7 Å². The van der Waals surface area contributed by atoms with E-state index in [4.69, 9.17) is 0 Å². The number of rotatable bonds is 2. The Morgan fingerprint density at radius 1 is 1.50 bits per heavy atom. The minimum absolute atomic E-state index is 0.417. The molecule has 0 bridgehead atoms. The van der Waals surface area contributed by atoms with Gasteiger partial charge in [0, 0.05) is 0 Å². The van der Waals surface area contributed by atoms with Crippen LogP contribution in [0.25, 0.3) is 0 Å². The first-order valence-corrected chi connectivity index (χ1v) is 3.30. The third-order valence-corrected chi connectivity index (χ3v) is 2.16. The summed E-state index contributed by atoms with van der Waals surface area (Å²) in [5.41, 5.74) is 0.417. The second kappa shape index (κ2) is 1.61. The lowest BCUT2D eigenvalue weighted by atomic mass is 9.88. The minimum atomic E-state index is 0.417. The van der Waals surface area contributed by atoms with Crippen LogP contribution >= 0.6 is 0 Å². The highest BCUT2D eigenvalue weighted by Gasteiger charge is 2.34. The third-order valence-electron chi connectivity index (χ3n) is 2.16. The van der Waals surface area contributed by atoms with Crippen molar-refractivity contribution in [3.63, 3.8) is 0 Å². The van der Waals surface area contributed by atoms with Gasteiger partial charge in [0.2, 0.25) is 0 Å². The van der Waals surface area contributed by atoms with Crippen LogP contribution in [0.2, 0.25) is 0 Å². The quantitative estimate of drug-likeness (QED) is 0.479. The Labute approximate surface area is 51.6 Å². The van der Waals surface area contributed by atoms with Crippen molar-refractivity contribution < 1.29 is 0 Å². The molecular formula is C8H14. The van der Waals surface area contributed by atoms with Gasteiger partial charge in [0.1, 0.15) is 0 Å². The van der Waals surface area contributed by atoms with E-state index in [0.29, 0.717) is 5.41 Å². The molecule has 0 nitrogen and oxygen atoms in total. The van der Waals surface area contributed by atoms with E-state index in [0.717, 1.165) is 5.92 Å². The van der Waals surface area contributed by atoms with Crippen LogP contribution in [0, 0.1) is 11.3 Å². The predicted octanol–water partition coefficient (Wildman–Crippen LogP) is 2.61. The Bertz CT molecular complexity index is 96.6. The molecule has 0 atom stereocenters. The summed E-state index contributed by atoms with van der Waals surface area (Å²) in [7, 11) is 0. The summed E-state index contributed by atoms with van der Waals surface area (Å²) in [6.07, 6.45) is 4.91. The first-order valence-electron chi connectivity index (χ1n) is 3.30. The largest absolute Gasteiger partial charge is 0.103 e. The monoisotopic (exact) mass is 110 g/mol. The summed E-state index contributed by atoms with van der Waals surface area (Å²) >= 11 is 0. The molecule has 0 N–H and O–H groups in total. The van der Waals surface area contributed by atoms with Gasteiger partial charge < -0.3 is 0 Å². The zero-order valence-corrected chi connectivity index (χ0v) is 5.78. The summed E-state index contributed by atoms with van der Waals surface area (Å²) < 4.78 is 0. The van der Waals surface area contributed by atoms with E-state index in [1.165, 1.54) is 12.8 Å². The molecular weight excluding hydrogens is 96.1 g/mol. The van der Waals surface area contributed by atoms with Crippen LogP contribution in [0.15, 0.2) is 12.7 Å². The Kier molecular flexibility index (Phi) is 1.18. The molecule has 1 fully saturated rings. The molecule has 0 spiro atoms. The van der Waals surface area contributed by atoms with Gasteiger partial charge in [-0.15, -0.1) is 6.58 Å². The standard InChI is InChI=1S/C8H14/c1-4-8(2,3)7-5-6-7/h4,7H,1,5-6H2,2-3H3. The summed E-state index contributed by atoms with van der Waals surface area (Å²) in [6.45, 7) is 8.32. The van der Waals surface area contributed by atoms with Gasteiger partial charge in [0.25, 0.3) is 0 Å². The summed E-state index contributed by atoms with van der Waals surface area (Å²) in [4.78, 5) is 0. The van der Waals surface area contributed by atoms with Crippen LogP contribution in [-0.4, -0.2) is 0 Å². The first kappa shape index (κ1) is 5.87. The molecule has 0 aromatic rings. The van der Waals surface area contributed by atoms with Crippen molar-refractivity contribution in [1.82, 2.24) is 0 Å². The van der Waals surface area contributed by atoms with E-state index in [2.05, 4.69) is 26.5 Å². The van der Waals surface area contributed by atoms with Crippen LogP contribution in [0.3, 0.4) is 0 Å². The van der Waals surface area contributed by atoms with Gasteiger partial charge in [-0.1, -0.05) is 19.9 Å². The molecule has 1 saturated carbocycles. The normalized spacial score (nSPS) is 20.8. The van der Waals surface area contributed by atoms with Gasteiger partial charge in [-0.05, 0) is 24.2 Å². The second-order valence-corrected chi connectivity index (χ2v) is 3.30. The van der Waals surface area contributed by atoms with E-state index < -0.39 is 0 Å². The average Bonchev–Trinajstić information content (AvgIpc) is 2.44. The molecule has 46 valence electrons. The van der Waals surface area contributed by atoms with E-state index in [-0.39, 0.29) is 0 Å². The van der Waals surface area contributed by atoms with Gasteiger partial charge in [-0.3, -0.25) is 0 Å². The summed E-state index contributed by atoms with van der Waals surface area (Å²) in [5, 5.41) is 0. The lowest BCUT2D eigenvalue weighted by molar-refractivity contribution is 0.412. The van der Waals surface area contributed by atoms with Crippen LogP contribution in [0.1, 0.15) is 26.7 Å². The Morgan fingerprint density at radius 2 is 2.00 bits per heavy atom. The molecule has 0 heterocycles. The average molecular weight is 110 g/mol. The smallest absolute Gasteiger partial charge is 0.0149 e. The van der Waals surface area contributed by atoms with Crippen molar-refractivity contribution in [3.05, 3.63) is 12.7 Å². The number of allylic oxidation sites excluding steroid dienone is 1. The van der Waals surface area contributed by atoms with Gasteiger partial charge >= 0.3 is 0 Å². The third kappa shape index (κ3) is 0.936. The van der Waals surface area contributed by atoms with Crippen molar-refractivity contribution in [2.75, 3.05) is 0 Å². The fourth-order valence-electron chi connectivity index (χ4n) is 0.994. The van der Waals surface area contributed by atoms with Gasteiger partial charge in [-0.2, -0.15) is 0 Å². The Hall–Kier alpha value is -0.260. The van der Waals surface area contributed by atoms with E-state index in [1.54, 1.807) is 0 Å². The minimum Gasteiger partial charge on any atom is -0.103 e. The SMILES string of the molecule is C=CC(C)(C)C1CC1. The number of hydrogen-bond donors (Lipinski definition) is 0. The first-order chi connectivity index (χ1) is 3.67. The lowest BCUT2D eigenvalue weighted by Gasteiger charge is -2.17. The Balaban J connectivity index is 2.49. The molecule has 1 rings (SSSR count). The molecule has 0 radical (unpaired) electrons. The van der Waals surface area contributed by atoms with E-state index in [9.17, 15) is 0 Å². The van der Waals surface area contributed by atoms with E-state index in [1.807, 2.05) is 0 Å². The maximum atomic E-state index is 3.79. The Morgan fingerprint density at radius 3 is 2.12 bits per heavy atom. The van der Waals surface area contributed by atoms with Crippen molar-refractivity contribution in [3.8, 4) is 0 Å². The fraction of sp³-hybridized carbons (Fsp3) is 0.750. The van der Waals surface area contributed by atoms with Gasteiger partial charge in [0.15, 0.2) is 0 Å². The predicted molar refractivity (Wildman–Crippen MR) is 36.7 cm³/mol. The number of hydrogen-bond acceptors (Lipinski definition) is 0. The molecule has 1 aliphatic carbocycles. The lowest BCUT2D eigenvalue weighted by Crippen LogP contribution is -2.08. The van der Waals surface area contributed by atoms with Crippen molar-refractivity contribution in [1.29, 1.82) is 0 Å². The molecule has 0 heteroatoms. The summed E-state index contributed by atoms with van der Waals surface area (Å²) in [6, 6.07) is 0. The highest BCUT2D eigenvalue weighted by molar-refractivity contribution is 4.98. The van der Waals surface area contributed by atoms with Gasteiger partial charge in [-0.25, -0.2) is 0 Å². The van der Waals surface area contributed by atoms with Crippen molar-refractivity contribution >= 4 is 0 Å². The maximum absolute atomic E-state index is 3.79. The zero-order chi connectivity index (χ0) is 6.20. The van der Waals surface area contributed by atoms with Crippen LogP contribution in [0.5, 0.6) is 0 Å². The molecule has 0 saturated heterocycles. The maximum Gasteiger partial charge on any atom is -0.0149 e. The van der Waals surface area contributed by atoms with Crippen LogP contribution in [-0.2, 0) is 0 Å². The summed E-state index contributed by atoms with van der Waals surface area (Å²) in [5.74, 6) is 0.944. The molecule has 0 aromatic carbocycles. The topological polar surface area (TPSA) is 0 Å². The fourth-order valence-corrected chi connectivity index (χ4v) is 0.994.